The molecule has 96 valence electrons. The Morgan fingerprint density at radius 1 is 1.59 bits per heavy atom. The van der Waals surface area contributed by atoms with Crippen LogP contribution in [0.4, 0.5) is 5.69 Å². The van der Waals surface area contributed by atoms with Gasteiger partial charge in [0.25, 0.3) is 5.91 Å². The highest BCUT2D eigenvalue weighted by atomic mass is 16.5. The molecule has 0 radical (unpaired) electrons. The number of ether oxygens (including phenoxy) is 1. The Balaban J connectivity index is 2.51. The fourth-order valence-electron chi connectivity index (χ4n) is 1.50. The highest BCUT2D eigenvalue weighted by Crippen LogP contribution is 2.15. The maximum atomic E-state index is 11.7. The van der Waals surface area contributed by atoms with Crippen LogP contribution < -0.4 is 11.1 Å². The van der Waals surface area contributed by atoms with Gasteiger partial charge in [0.1, 0.15) is 0 Å². The number of aromatic amines is 1. The summed E-state index contributed by atoms with van der Waals surface area (Å²) in [4.78, 5) is 11.7. The van der Waals surface area contributed by atoms with Gasteiger partial charge in [-0.05, 0) is 12.8 Å². The van der Waals surface area contributed by atoms with E-state index in [0.717, 1.165) is 25.0 Å². The van der Waals surface area contributed by atoms with Gasteiger partial charge in [-0.3, -0.25) is 9.89 Å². The number of hydrogen-bond donors (Lipinski definition) is 3. The lowest BCUT2D eigenvalue weighted by Crippen LogP contribution is -2.26. The lowest BCUT2D eigenvalue weighted by Gasteiger charge is -2.03. The molecule has 0 aromatic carbocycles. The fourth-order valence-corrected chi connectivity index (χ4v) is 1.50. The van der Waals surface area contributed by atoms with E-state index in [0.29, 0.717) is 18.8 Å². The zero-order chi connectivity index (χ0) is 12.7. The van der Waals surface area contributed by atoms with E-state index in [1.165, 1.54) is 0 Å². The van der Waals surface area contributed by atoms with Gasteiger partial charge in [0, 0.05) is 20.3 Å². The molecule has 1 heterocycles. The van der Waals surface area contributed by atoms with Crippen LogP contribution >= 0.6 is 0 Å². The van der Waals surface area contributed by atoms with Crippen LogP contribution in [0.1, 0.15) is 35.9 Å². The molecule has 1 rings (SSSR count). The minimum Gasteiger partial charge on any atom is -0.395 e. The van der Waals surface area contributed by atoms with E-state index in [1.54, 1.807) is 7.11 Å². The first-order chi connectivity index (χ1) is 8.20. The molecule has 0 aliphatic rings. The van der Waals surface area contributed by atoms with Crippen LogP contribution in [0, 0.1) is 0 Å². The van der Waals surface area contributed by atoms with Crippen LogP contribution in [0.5, 0.6) is 0 Å². The van der Waals surface area contributed by atoms with Gasteiger partial charge >= 0.3 is 0 Å². The number of carbonyl (C=O) groups is 1. The van der Waals surface area contributed by atoms with Crippen molar-refractivity contribution in [3.63, 3.8) is 0 Å². The summed E-state index contributed by atoms with van der Waals surface area (Å²) in [5, 5.41) is 9.49. The van der Waals surface area contributed by atoms with Gasteiger partial charge in [0.05, 0.1) is 11.4 Å². The molecule has 1 aromatic heterocycles. The Labute approximate surface area is 101 Å². The topological polar surface area (TPSA) is 93.0 Å². The average molecular weight is 240 g/mol. The Hall–Kier alpha value is -1.56. The first kappa shape index (κ1) is 13.5. The van der Waals surface area contributed by atoms with Crippen molar-refractivity contribution < 1.29 is 9.53 Å². The minimum absolute atomic E-state index is 0.239. The number of rotatable bonds is 7. The zero-order valence-corrected chi connectivity index (χ0v) is 10.4. The second-order valence-corrected chi connectivity index (χ2v) is 3.82. The smallest absolute Gasteiger partial charge is 0.273 e. The average Bonchev–Trinajstić information content (AvgIpc) is 2.67. The van der Waals surface area contributed by atoms with Gasteiger partial charge in [0.15, 0.2) is 5.69 Å². The van der Waals surface area contributed by atoms with Crippen molar-refractivity contribution in [2.24, 2.45) is 0 Å². The van der Waals surface area contributed by atoms with Crippen LogP contribution in [-0.2, 0) is 11.2 Å². The summed E-state index contributed by atoms with van der Waals surface area (Å²) >= 11 is 0. The predicted molar refractivity (Wildman–Crippen MR) is 65.8 cm³/mol. The third-order valence-electron chi connectivity index (χ3n) is 2.41. The van der Waals surface area contributed by atoms with Crippen molar-refractivity contribution in [2.75, 3.05) is 26.0 Å². The van der Waals surface area contributed by atoms with E-state index in [1.807, 2.05) is 6.92 Å². The molecule has 0 bridgehead atoms. The van der Waals surface area contributed by atoms with Gasteiger partial charge in [-0.1, -0.05) is 13.3 Å². The molecule has 1 aromatic rings. The number of nitrogens with one attached hydrogen (secondary N) is 2. The van der Waals surface area contributed by atoms with Crippen molar-refractivity contribution >= 4 is 11.6 Å². The third-order valence-corrected chi connectivity index (χ3v) is 2.41. The quantitative estimate of drug-likeness (QED) is 0.612. The number of amides is 1. The van der Waals surface area contributed by atoms with Crippen LogP contribution in [-0.4, -0.2) is 36.4 Å². The SMILES string of the molecule is CCCc1[nH]nc(C(=O)NCCCOC)c1N. The van der Waals surface area contributed by atoms with E-state index < -0.39 is 0 Å². The number of hydrogen-bond acceptors (Lipinski definition) is 4. The molecule has 0 saturated carbocycles. The standard InChI is InChI=1S/C11H20N4O2/c1-3-5-8-9(12)10(15-14-8)11(16)13-6-4-7-17-2/h3-7,12H2,1-2H3,(H,13,16)(H,14,15). The Bertz CT molecular complexity index is 362. The maximum absolute atomic E-state index is 11.7. The molecule has 6 nitrogen and oxygen atoms in total. The molecule has 4 N–H and O–H groups in total. The van der Waals surface area contributed by atoms with E-state index in [9.17, 15) is 4.79 Å². The summed E-state index contributed by atoms with van der Waals surface area (Å²) in [7, 11) is 1.63. The largest absolute Gasteiger partial charge is 0.395 e. The van der Waals surface area contributed by atoms with Crippen molar-refractivity contribution in [1.82, 2.24) is 15.5 Å². The number of H-pyrrole nitrogens is 1. The zero-order valence-electron chi connectivity index (χ0n) is 10.4. The lowest BCUT2D eigenvalue weighted by molar-refractivity contribution is 0.0944. The predicted octanol–water partition coefficient (Wildman–Crippen LogP) is 0.711. The van der Waals surface area contributed by atoms with Crippen LogP contribution in [0.25, 0.3) is 0 Å². The van der Waals surface area contributed by atoms with E-state index >= 15 is 0 Å². The van der Waals surface area contributed by atoms with Gasteiger partial charge in [-0.25, -0.2) is 0 Å². The number of carbonyl (C=O) groups excluding carboxylic acids is 1. The molecule has 0 saturated heterocycles. The van der Waals surface area contributed by atoms with Crippen molar-refractivity contribution in [1.29, 1.82) is 0 Å². The summed E-state index contributed by atoms with van der Waals surface area (Å²) in [6.45, 7) is 3.23. The van der Waals surface area contributed by atoms with Crippen LogP contribution in [0.3, 0.4) is 0 Å². The molecule has 0 aliphatic heterocycles. The number of nitrogen functional groups attached to an aromatic ring is 1. The highest BCUT2D eigenvalue weighted by Gasteiger charge is 2.15. The van der Waals surface area contributed by atoms with Gasteiger partial charge in [-0.15, -0.1) is 0 Å². The Morgan fingerprint density at radius 3 is 3.00 bits per heavy atom. The van der Waals surface area contributed by atoms with Crippen molar-refractivity contribution in [2.45, 2.75) is 26.2 Å². The molecule has 0 aliphatic carbocycles. The van der Waals surface area contributed by atoms with E-state index in [4.69, 9.17) is 10.5 Å². The van der Waals surface area contributed by atoms with Crippen molar-refractivity contribution in [3.05, 3.63) is 11.4 Å². The van der Waals surface area contributed by atoms with Gasteiger partial charge in [-0.2, -0.15) is 5.10 Å². The van der Waals surface area contributed by atoms with Gasteiger partial charge in [0.2, 0.25) is 0 Å². The number of methoxy groups -OCH3 is 1. The van der Waals surface area contributed by atoms with E-state index in [-0.39, 0.29) is 11.6 Å². The van der Waals surface area contributed by atoms with Crippen LogP contribution in [0.2, 0.25) is 0 Å². The molecule has 0 atom stereocenters. The van der Waals surface area contributed by atoms with Crippen molar-refractivity contribution in [3.8, 4) is 0 Å². The third kappa shape index (κ3) is 3.74. The fraction of sp³-hybridized carbons (Fsp3) is 0.636. The lowest BCUT2D eigenvalue weighted by atomic mass is 10.2. The number of aryl methyl sites for hydroxylation is 1. The molecule has 0 fully saturated rings. The number of nitrogens with zero attached hydrogens (tertiary/aromatic N) is 1. The Morgan fingerprint density at radius 2 is 2.35 bits per heavy atom. The number of anilines is 1. The molecule has 0 spiro atoms. The summed E-state index contributed by atoms with van der Waals surface area (Å²) < 4.78 is 4.89. The molecule has 1 amide bonds. The second-order valence-electron chi connectivity index (χ2n) is 3.82. The normalized spacial score (nSPS) is 10.5. The number of aromatic nitrogens is 2. The summed E-state index contributed by atoms with van der Waals surface area (Å²) in [6, 6.07) is 0. The molecule has 17 heavy (non-hydrogen) atoms. The van der Waals surface area contributed by atoms with E-state index in [2.05, 4.69) is 15.5 Å². The van der Waals surface area contributed by atoms with Crippen LogP contribution in [0.15, 0.2) is 0 Å². The molecule has 0 unspecified atom stereocenters. The first-order valence-corrected chi connectivity index (χ1v) is 5.80. The molecule has 6 heteroatoms. The monoisotopic (exact) mass is 240 g/mol. The molecular weight excluding hydrogens is 220 g/mol. The van der Waals surface area contributed by atoms with Gasteiger partial charge < -0.3 is 15.8 Å². The highest BCUT2D eigenvalue weighted by molar-refractivity contribution is 5.97. The second kappa shape index (κ2) is 6.90. The summed E-state index contributed by atoms with van der Waals surface area (Å²) in [6.07, 6.45) is 2.53. The Kier molecular flexibility index (Phi) is 5.48. The first-order valence-electron chi connectivity index (χ1n) is 5.80. The summed E-state index contributed by atoms with van der Waals surface area (Å²) in [5.41, 5.74) is 7.41. The molecular formula is C11H20N4O2. The summed E-state index contributed by atoms with van der Waals surface area (Å²) in [5.74, 6) is -0.239. The number of nitrogens with two attached hydrogens (primary N) is 1. The minimum atomic E-state index is -0.239. The maximum Gasteiger partial charge on any atom is 0.273 e.